The molecule has 1 aromatic heterocycles. The second kappa shape index (κ2) is 9.79. The van der Waals surface area contributed by atoms with Gasteiger partial charge in [0.2, 0.25) is 0 Å². The molecule has 1 aromatic rings. The van der Waals surface area contributed by atoms with Crippen LogP contribution in [-0.4, -0.2) is 43.6 Å². The monoisotopic (exact) mass is 263 g/mol. The van der Waals surface area contributed by atoms with E-state index in [1.54, 1.807) is 0 Å². The summed E-state index contributed by atoms with van der Waals surface area (Å²) in [7, 11) is 4.26. The van der Waals surface area contributed by atoms with E-state index in [-0.39, 0.29) is 0 Å². The van der Waals surface area contributed by atoms with Crippen molar-refractivity contribution in [1.29, 1.82) is 0 Å². The zero-order chi connectivity index (χ0) is 13.9. The van der Waals surface area contributed by atoms with Crippen LogP contribution in [-0.2, 0) is 0 Å². The predicted octanol–water partition coefficient (Wildman–Crippen LogP) is 3.42. The van der Waals surface area contributed by atoms with Gasteiger partial charge in [-0.05, 0) is 45.6 Å². The maximum Gasteiger partial charge on any atom is 0.128 e. The molecule has 3 nitrogen and oxygen atoms in total. The maximum atomic E-state index is 4.49. The molecule has 1 rings (SSSR count). The van der Waals surface area contributed by atoms with Crippen LogP contribution in [0.25, 0.3) is 0 Å². The first kappa shape index (κ1) is 16.0. The van der Waals surface area contributed by atoms with E-state index in [1.165, 1.54) is 32.1 Å². The second-order valence-corrected chi connectivity index (χ2v) is 5.39. The summed E-state index contributed by atoms with van der Waals surface area (Å²) in [5.41, 5.74) is 0. The van der Waals surface area contributed by atoms with Gasteiger partial charge >= 0.3 is 0 Å². The summed E-state index contributed by atoms with van der Waals surface area (Å²) in [5, 5.41) is 0. The Balaban J connectivity index is 2.43. The Morgan fingerprint density at radius 3 is 2.37 bits per heavy atom. The zero-order valence-electron chi connectivity index (χ0n) is 12.8. The van der Waals surface area contributed by atoms with E-state index in [4.69, 9.17) is 0 Å². The molecule has 0 fully saturated rings. The molecular formula is C16H29N3. The number of hydrogen-bond donors (Lipinski definition) is 0. The fourth-order valence-electron chi connectivity index (χ4n) is 2.19. The van der Waals surface area contributed by atoms with Crippen LogP contribution in [0.2, 0.25) is 0 Å². The number of unbranched alkanes of at least 4 members (excludes halogenated alkanes) is 3. The van der Waals surface area contributed by atoms with E-state index < -0.39 is 0 Å². The van der Waals surface area contributed by atoms with E-state index in [2.05, 4.69) is 47.9 Å². The summed E-state index contributed by atoms with van der Waals surface area (Å²) in [6.45, 7) is 5.62. The predicted molar refractivity (Wildman–Crippen MR) is 83.8 cm³/mol. The van der Waals surface area contributed by atoms with E-state index in [1.807, 2.05) is 12.3 Å². The lowest BCUT2D eigenvalue weighted by Gasteiger charge is -2.24. The van der Waals surface area contributed by atoms with Crippen molar-refractivity contribution in [3.8, 4) is 0 Å². The van der Waals surface area contributed by atoms with E-state index >= 15 is 0 Å². The third-order valence-electron chi connectivity index (χ3n) is 3.29. The first-order valence-corrected chi connectivity index (χ1v) is 7.54. The minimum atomic E-state index is 1.10. The number of aromatic nitrogens is 1. The normalized spacial score (nSPS) is 10.9. The van der Waals surface area contributed by atoms with Crippen molar-refractivity contribution in [2.24, 2.45) is 0 Å². The molecule has 0 amide bonds. The first-order chi connectivity index (χ1) is 9.24. The average molecular weight is 263 g/mol. The van der Waals surface area contributed by atoms with Crippen molar-refractivity contribution < 1.29 is 0 Å². The van der Waals surface area contributed by atoms with Crippen LogP contribution in [0.4, 0.5) is 5.82 Å². The Morgan fingerprint density at radius 1 is 0.947 bits per heavy atom. The van der Waals surface area contributed by atoms with Crippen molar-refractivity contribution in [2.45, 2.75) is 39.0 Å². The molecule has 3 heteroatoms. The molecule has 0 spiro atoms. The molecule has 1 heterocycles. The van der Waals surface area contributed by atoms with Crippen molar-refractivity contribution >= 4 is 5.82 Å². The highest BCUT2D eigenvalue weighted by Gasteiger charge is 2.06. The number of rotatable bonds is 10. The van der Waals surface area contributed by atoms with Crippen LogP contribution < -0.4 is 4.90 Å². The molecule has 0 bridgehead atoms. The fourth-order valence-corrected chi connectivity index (χ4v) is 2.19. The quantitative estimate of drug-likeness (QED) is 0.603. The second-order valence-electron chi connectivity index (χ2n) is 5.39. The van der Waals surface area contributed by atoms with Crippen LogP contribution >= 0.6 is 0 Å². The zero-order valence-corrected chi connectivity index (χ0v) is 12.8. The lowest BCUT2D eigenvalue weighted by molar-refractivity contribution is 0.399. The molecular weight excluding hydrogens is 234 g/mol. The molecule has 0 aliphatic carbocycles. The highest BCUT2D eigenvalue weighted by molar-refractivity contribution is 5.37. The SMILES string of the molecule is CCCCCCN(CCCN(C)C)c1ccccn1. The average Bonchev–Trinajstić information content (AvgIpc) is 2.42. The van der Waals surface area contributed by atoms with Crippen LogP contribution in [0.1, 0.15) is 39.0 Å². The van der Waals surface area contributed by atoms with Gasteiger partial charge in [0.1, 0.15) is 5.82 Å². The van der Waals surface area contributed by atoms with Gasteiger partial charge in [0.05, 0.1) is 0 Å². The number of hydrogen-bond acceptors (Lipinski definition) is 3. The van der Waals surface area contributed by atoms with Crippen LogP contribution in [0.5, 0.6) is 0 Å². The van der Waals surface area contributed by atoms with Gasteiger partial charge in [-0.3, -0.25) is 0 Å². The Kier molecular flexibility index (Phi) is 8.23. The molecule has 19 heavy (non-hydrogen) atoms. The third kappa shape index (κ3) is 7.16. The van der Waals surface area contributed by atoms with Crippen LogP contribution in [0.3, 0.4) is 0 Å². The summed E-state index contributed by atoms with van der Waals surface area (Å²) >= 11 is 0. The van der Waals surface area contributed by atoms with Gasteiger partial charge in [0.25, 0.3) is 0 Å². The highest BCUT2D eigenvalue weighted by Crippen LogP contribution is 2.12. The molecule has 0 saturated carbocycles. The van der Waals surface area contributed by atoms with Crippen molar-refractivity contribution in [2.75, 3.05) is 38.6 Å². The third-order valence-corrected chi connectivity index (χ3v) is 3.29. The van der Waals surface area contributed by atoms with Crippen molar-refractivity contribution in [3.63, 3.8) is 0 Å². The summed E-state index contributed by atoms with van der Waals surface area (Å²) < 4.78 is 0. The largest absolute Gasteiger partial charge is 0.357 e. The van der Waals surface area contributed by atoms with Crippen LogP contribution in [0.15, 0.2) is 24.4 Å². The van der Waals surface area contributed by atoms with Gasteiger partial charge in [-0.1, -0.05) is 32.3 Å². The fraction of sp³-hybridized carbons (Fsp3) is 0.688. The maximum absolute atomic E-state index is 4.49. The molecule has 0 saturated heterocycles. The molecule has 0 N–H and O–H groups in total. The molecule has 0 aliphatic heterocycles. The molecule has 0 aromatic carbocycles. The summed E-state index contributed by atoms with van der Waals surface area (Å²) in [6, 6.07) is 6.18. The summed E-state index contributed by atoms with van der Waals surface area (Å²) in [6.07, 6.45) is 8.32. The van der Waals surface area contributed by atoms with Gasteiger partial charge in [0, 0.05) is 19.3 Å². The van der Waals surface area contributed by atoms with Crippen LogP contribution in [0, 0.1) is 0 Å². The number of pyridine rings is 1. The Bertz CT molecular complexity index is 311. The minimum Gasteiger partial charge on any atom is -0.357 e. The standard InChI is InChI=1S/C16H29N3/c1-4-5-6-9-14-19(15-10-13-18(2)3)16-11-7-8-12-17-16/h7-8,11-12H,4-6,9-10,13-15H2,1-3H3. The Morgan fingerprint density at radius 2 is 1.74 bits per heavy atom. The Hall–Kier alpha value is -1.09. The smallest absolute Gasteiger partial charge is 0.128 e. The van der Waals surface area contributed by atoms with Gasteiger partial charge in [-0.25, -0.2) is 4.98 Å². The van der Waals surface area contributed by atoms with E-state index in [9.17, 15) is 0 Å². The van der Waals surface area contributed by atoms with Crippen molar-refractivity contribution in [1.82, 2.24) is 9.88 Å². The summed E-state index contributed by atoms with van der Waals surface area (Å²) in [5.74, 6) is 1.12. The molecule has 0 atom stereocenters. The Labute approximate surface area is 118 Å². The lowest BCUT2D eigenvalue weighted by atomic mass is 10.2. The first-order valence-electron chi connectivity index (χ1n) is 7.54. The van der Waals surface area contributed by atoms with Gasteiger partial charge in [-0.15, -0.1) is 0 Å². The molecule has 0 radical (unpaired) electrons. The number of anilines is 1. The van der Waals surface area contributed by atoms with Gasteiger partial charge < -0.3 is 9.80 Å². The van der Waals surface area contributed by atoms with E-state index in [0.29, 0.717) is 0 Å². The summed E-state index contributed by atoms with van der Waals surface area (Å²) in [4.78, 5) is 9.16. The molecule has 108 valence electrons. The van der Waals surface area contributed by atoms with Gasteiger partial charge in [0.15, 0.2) is 0 Å². The van der Waals surface area contributed by atoms with E-state index in [0.717, 1.165) is 25.5 Å². The molecule has 0 aliphatic rings. The number of nitrogens with zero attached hydrogens (tertiary/aromatic N) is 3. The highest BCUT2D eigenvalue weighted by atomic mass is 15.2. The molecule has 0 unspecified atom stereocenters. The lowest BCUT2D eigenvalue weighted by Crippen LogP contribution is -2.29. The van der Waals surface area contributed by atoms with Gasteiger partial charge in [-0.2, -0.15) is 0 Å². The topological polar surface area (TPSA) is 19.4 Å². The minimum absolute atomic E-state index is 1.10. The van der Waals surface area contributed by atoms with Crippen molar-refractivity contribution in [3.05, 3.63) is 24.4 Å².